The van der Waals surface area contributed by atoms with E-state index in [4.69, 9.17) is 4.74 Å². The summed E-state index contributed by atoms with van der Waals surface area (Å²) in [7, 11) is 0. The third-order valence-corrected chi connectivity index (χ3v) is 2.16. The van der Waals surface area contributed by atoms with E-state index in [9.17, 15) is 9.90 Å². The van der Waals surface area contributed by atoms with Crippen molar-refractivity contribution >= 4 is 28.0 Å². The normalized spacial score (nSPS) is 10.5. The number of hydrogen-bond donors (Lipinski definition) is 0. The summed E-state index contributed by atoms with van der Waals surface area (Å²) in [4.78, 5) is 10.3. The van der Waals surface area contributed by atoms with Gasteiger partial charge in [0, 0.05) is 10.0 Å². The molecule has 0 bridgehead atoms. The van der Waals surface area contributed by atoms with E-state index in [1.54, 1.807) is 12.1 Å². The van der Waals surface area contributed by atoms with Gasteiger partial charge in [0.2, 0.25) is 0 Å². The van der Waals surface area contributed by atoms with E-state index in [1.807, 2.05) is 13.0 Å². The predicted octanol–water partition coefficient (Wildman–Crippen LogP) is 1.61. The standard InChI is InChI=1S/C11H11BrO3/c1-2-15-10-5-4-9(12)7-8(10)3-6-11(13)14/h3-7H,2H2,1H3,(H,13,14)/p-1. The van der Waals surface area contributed by atoms with Crippen LogP contribution < -0.4 is 9.84 Å². The minimum absolute atomic E-state index is 0.536. The highest BCUT2D eigenvalue weighted by atomic mass is 79.9. The average Bonchev–Trinajstić information content (AvgIpc) is 2.18. The zero-order valence-electron chi connectivity index (χ0n) is 8.20. The molecule has 0 radical (unpaired) electrons. The van der Waals surface area contributed by atoms with Crippen molar-refractivity contribution in [3.8, 4) is 5.75 Å². The van der Waals surface area contributed by atoms with Crippen molar-refractivity contribution in [2.75, 3.05) is 6.61 Å². The number of carboxylic acid groups (broad SMARTS) is 1. The molecule has 0 saturated carbocycles. The number of ether oxygens (including phenoxy) is 1. The van der Waals surface area contributed by atoms with Crippen LogP contribution in [0, 0.1) is 0 Å². The van der Waals surface area contributed by atoms with Crippen molar-refractivity contribution in [3.05, 3.63) is 34.3 Å². The Balaban J connectivity index is 3.01. The van der Waals surface area contributed by atoms with Crippen molar-refractivity contribution in [2.45, 2.75) is 6.92 Å². The van der Waals surface area contributed by atoms with Gasteiger partial charge in [-0.1, -0.05) is 15.9 Å². The second kappa shape index (κ2) is 5.56. The maximum absolute atomic E-state index is 10.3. The van der Waals surface area contributed by atoms with Crippen LogP contribution in [-0.4, -0.2) is 12.6 Å². The Morgan fingerprint density at radius 2 is 2.33 bits per heavy atom. The quantitative estimate of drug-likeness (QED) is 0.781. The van der Waals surface area contributed by atoms with E-state index in [-0.39, 0.29) is 0 Å². The Kier molecular flexibility index (Phi) is 4.37. The lowest BCUT2D eigenvalue weighted by atomic mass is 10.2. The van der Waals surface area contributed by atoms with E-state index in [0.29, 0.717) is 17.9 Å². The summed E-state index contributed by atoms with van der Waals surface area (Å²) < 4.78 is 6.20. The second-order valence-electron chi connectivity index (χ2n) is 2.77. The van der Waals surface area contributed by atoms with Crippen LogP contribution in [0.15, 0.2) is 28.7 Å². The molecule has 0 spiro atoms. The summed E-state index contributed by atoms with van der Waals surface area (Å²) in [6, 6.07) is 5.40. The lowest BCUT2D eigenvalue weighted by Crippen LogP contribution is -2.18. The lowest BCUT2D eigenvalue weighted by Gasteiger charge is -2.07. The molecule has 1 aromatic carbocycles. The molecule has 0 fully saturated rings. The number of aliphatic carboxylic acids is 1. The zero-order valence-corrected chi connectivity index (χ0v) is 9.78. The molecule has 0 aliphatic carbocycles. The minimum atomic E-state index is -1.22. The van der Waals surface area contributed by atoms with Gasteiger partial charge in [-0.25, -0.2) is 0 Å². The molecule has 4 heteroatoms. The lowest BCUT2D eigenvalue weighted by molar-refractivity contribution is -0.297. The first-order chi connectivity index (χ1) is 7.13. The highest BCUT2D eigenvalue weighted by molar-refractivity contribution is 9.10. The molecular formula is C11H10BrO3-. The SMILES string of the molecule is CCOc1ccc(Br)cc1C=CC(=O)[O-]. The Bertz CT molecular complexity index is 385. The molecule has 15 heavy (non-hydrogen) atoms. The Morgan fingerprint density at radius 3 is 2.93 bits per heavy atom. The Morgan fingerprint density at radius 1 is 1.60 bits per heavy atom. The van der Waals surface area contributed by atoms with Gasteiger partial charge in [-0.15, -0.1) is 0 Å². The summed E-state index contributed by atoms with van der Waals surface area (Å²) in [5, 5.41) is 10.3. The fourth-order valence-electron chi connectivity index (χ4n) is 1.09. The van der Waals surface area contributed by atoms with Crippen LogP contribution in [0.2, 0.25) is 0 Å². The van der Waals surface area contributed by atoms with Crippen LogP contribution >= 0.6 is 15.9 Å². The average molecular weight is 270 g/mol. The van der Waals surface area contributed by atoms with Gasteiger partial charge in [-0.2, -0.15) is 0 Å². The molecule has 0 aliphatic heterocycles. The second-order valence-corrected chi connectivity index (χ2v) is 3.68. The first-order valence-corrected chi connectivity index (χ1v) is 5.24. The topological polar surface area (TPSA) is 49.4 Å². The number of benzene rings is 1. The smallest absolute Gasteiger partial charge is 0.126 e. The maximum atomic E-state index is 10.3. The first kappa shape index (κ1) is 11.8. The Hall–Kier alpha value is -1.29. The van der Waals surface area contributed by atoms with Gasteiger partial charge in [0.05, 0.1) is 12.6 Å². The van der Waals surface area contributed by atoms with E-state index >= 15 is 0 Å². The fraction of sp³-hybridized carbons (Fsp3) is 0.182. The molecule has 0 saturated heterocycles. The van der Waals surface area contributed by atoms with Crippen LogP contribution in [0.3, 0.4) is 0 Å². The number of hydrogen-bond acceptors (Lipinski definition) is 3. The van der Waals surface area contributed by atoms with Crippen molar-refractivity contribution < 1.29 is 14.6 Å². The van der Waals surface area contributed by atoms with Crippen LogP contribution in [0.25, 0.3) is 6.08 Å². The summed E-state index contributed by atoms with van der Waals surface area (Å²) in [5.74, 6) is -0.573. The molecule has 0 N–H and O–H groups in total. The highest BCUT2D eigenvalue weighted by Crippen LogP contribution is 2.24. The maximum Gasteiger partial charge on any atom is 0.126 e. The van der Waals surface area contributed by atoms with Crippen molar-refractivity contribution in [1.82, 2.24) is 0 Å². The van der Waals surface area contributed by atoms with Crippen molar-refractivity contribution in [1.29, 1.82) is 0 Å². The van der Waals surface area contributed by atoms with Crippen molar-refractivity contribution in [3.63, 3.8) is 0 Å². The van der Waals surface area contributed by atoms with Gasteiger partial charge in [0.15, 0.2) is 0 Å². The molecule has 0 heterocycles. The Labute approximate surface area is 96.5 Å². The van der Waals surface area contributed by atoms with E-state index in [1.165, 1.54) is 6.08 Å². The molecule has 0 aromatic heterocycles. The third-order valence-electron chi connectivity index (χ3n) is 1.67. The molecule has 1 rings (SSSR count). The molecule has 3 nitrogen and oxygen atoms in total. The molecule has 0 aliphatic rings. The van der Waals surface area contributed by atoms with Gasteiger partial charge >= 0.3 is 0 Å². The van der Waals surface area contributed by atoms with Crippen molar-refractivity contribution in [2.24, 2.45) is 0 Å². The van der Waals surface area contributed by atoms with Crippen LogP contribution in [0.5, 0.6) is 5.75 Å². The van der Waals surface area contributed by atoms with Crippen LogP contribution in [0.4, 0.5) is 0 Å². The predicted molar refractivity (Wildman–Crippen MR) is 59.4 cm³/mol. The summed E-state index contributed by atoms with van der Waals surface area (Å²) in [5.41, 5.74) is 0.704. The third kappa shape index (κ3) is 3.75. The number of rotatable bonds is 4. The van der Waals surface area contributed by atoms with Gasteiger partial charge < -0.3 is 14.6 Å². The zero-order chi connectivity index (χ0) is 11.3. The molecule has 0 atom stereocenters. The number of halogens is 1. The largest absolute Gasteiger partial charge is 0.545 e. The van der Waals surface area contributed by atoms with Gasteiger partial charge in [0.1, 0.15) is 5.75 Å². The van der Waals surface area contributed by atoms with E-state index in [2.05, 4.69) is 15.9 Å². The monoisotopic (exact) mass is 269 g/mol. The van der Waals surface area contributed by atoms with Crippen LogP contribution in [-0.2, 0) is 4.79 Å². The molecule has 0 amide bonds. The number of carboxylic acids is 1. The summed E-state index contributed by atoms with van der Waals surface area (Å²) in [6.07, 6.45) is 2.43. The number of carbonyl (C=O) groups excluding carboxylic acids is 1. The van der Waals surface area contributed by atoms with Crippen LogP contribution in [0.1, 0.15) is 12.5 Å². The molecular weight excluding hydrogens is 260 g/mol. The fourth-order valence-corrected chi connectivity index (χ4v) is 1.47. The molecule has 80 valence electrons. The molecule has 1 aromatic rings. The minimum Gasteiger partial charge on any atom is -0.545 e. The van der Waals surface area contributed by atoms with Gasteiger partial charge in [0.25, 0.3) is 0 Å². The van der Waals surface area contributed by atoms with E-state index < -0.39 is 5.97 Å². The summed E-state index contributed by atoms with van der Waals surface area (Å²) in [6.45, 7) is 2.40. The first-order valence-electron chi connectivity index (χ1n) is 4.45. The van der Waals surface area contributed by atoms with Gasteiger partial charge in [-0.3, -0.25) is 0 Å². The number of carbonyl (C=O) groups is 1. The summed E-state index contributed by atoms with van der Waals surface area (Å²) >= 11 is 3.30. The highest BCUT2D eigenvalue weighted by Gasteiger charge is 2.00. The molecule has 0 unspecified atom stereocenters. The van der Waals surface area contributed by atoms with Gasteiger partial charge in [-0.05, 0) is 37.3 Å². The van der Waals surface area contributed by atoms with E-state index in [0.717, 1.165) is 10.5 Å².